The number of ether oxygens (including phenoxy) is 1. The van der Waals surface area contributed by atoms with Crippen LogP contribution in [0.2, 0.25) is 0 Å². The molecule has 0 saturated carbocycles. The molecule has 0 atom stereocenters. The third kappa shape index (κ3) is 5.75. The van der Waals surface area contributed by atoms with Gasteiger partial charge in [0.05, 0.1) is 6.61 Å². The van der Waals surface area contributed by atoms with Gasteiger partial charge in [0, 0.05) is 24.8 Å². The van der Waals surface area contributed by atoms with Crippen molar-refractivity contribution in [2.45, 2.75) is 13.5 Å². The molecule has 0 saturated heterocycles. The number of methoxy groups -OCH3 is 1. The minimum absolute atomic E-state index is 0.264. The van der Waals surface area contributed by atoms with Crippen molar-refractivity contribution in [2.75, 3.05) is 13.7 Å². The monoisotopic (exact) mass is 289 g/mol. The lowest BCUT2D eigenvalue weighted by Gasteiger charge is -2.06. The van der Waals surface area contributed by atoms with Crippen molar-refractivity contribution in [3.8, 4) is 0 Å². The van der Waals surface area contributed by atoms with Crippen molar-refractivity contribution in [2.24, 2.45) is 0 Å². The van der Waals surface area contributed by atoms with Crippen LogP contribution < -0.4 is 5.32 Å². The van der Waals surface area contributed by atoms with E-state index in [4.69, 9.17) is 4.74 Å². The summed E-state index contributed by atoms with van der Waals surface area (Å²) in [7, 11) is 1.53. The first-order valence-electron chi connectivity index (χ1n) is 6.56. The van der Waals surface area contributed by atoms with Gasteiger partial charge in [0.15, 0.2) is 0 Å². The number of carbonyl (C=O) groups excluding carboxylic acids is 1. The predicted octanol–water partition coefficient (Wildman–Crippen LogP) is 3.23. The third-order valence-corrected chi connectivity index (χ3v) is 2.78. The highest BCUT2D eigenvalue weighted by molar-refractivity contribution is 5.74. The Morgan fingerprint density at radius 3 is 2.86 bits per heavy atom. The highest BCUT2D eigenvalue weighted by Crippen LogP contribution is 2.17. The van der Waals surface area contributed by atoms with Gasteiger partial charge in [0.2, 0.25) is 0 Å². The number of hydrogen-bond acceptors (Lipinski definition) is 3. The first-order chi connectivity index (χ1) is 10.1. The molecule has 0 aliphatic rings. The summed E-state index contributed by atoms with van der Waals surface area (Å²) in [4.78, 5) is 10.7. The summed E-state index contributed by atoms with van der Waals surface area (Å²) in [5.41, 5.74) is 2.74. The summed E-state index contributed by atoms with van der Waals surface area (Å²) in [6, 6.07) is 4.93. The molecule has 0 unspecified atom stereocenters. The molecule has 1 rings (SSSR count). The molecular weight excluding hydrogens is 269 g/mol. The quantitative estimate of drug-likeness (QED) is 0.453. The minimum Gasteiger partial charge on any atom is -0.387 e. The average molecular weight is 289 g/mol. The lowest BCUT2D eigenvalue weighted by atomic mass is 10.1. The molecule has 0 heterocycles. The van der Waals surface area contributed by atoms with Crippen molar-refractivity contribution in [1.29, 1.82) is 0 Å². The fraction of sp³-hybridized carbons (Fsp3) is 0.235. The summed E-state index contributed by atoms with van der Waals surface area (Å²) in [5.74, 6) is -0.264. The van der Waals surface area contributed by atoms with Gasteiger partial charge < -0.3 is 10.1 Å². The maximum absolute atomic E-state index is 13.5. The number of halogens is 1. The molecular formula is C17H20FNO2. The molecule has 4 heteroatoms. The number of hydrogen-bond donors (Lipinski definition) is 1. The van der Waals surface area contributed by atoms with Crippen LogP contribution in [0.25, 0.3) is 5.57 Å². The van der Waals surface area contributed by atoms with Gasteiger partial charge in [-0.1, -0.05) is 18.7 Å². The molecule has 0 aliphatic carbocycles. The summed E-state index contributed by atoms with van der Waals surface area (Å²) in [6.07, 6.45) is 5.88. The molecule has 0 aliphatic heterocycles. The predicted molar refractivity (Wildman–Crippen MR) is 83.1 cm³/mol. The zero-order valence-electron chi connectivity index (χ0n) is 12.4. The van der Waals surface area contributed by atoms with Crippen LogP contribution in [-0.4, -0.2) is 20.0 Å². The molecule has 112 valence electrons. The van der Waals surface area contributed by atoms with Crippen LogP contribution in [0.1, 0.15) is 18.1 Å². The highest BCUT2D eigenvalue weighted by Gasteiger charge is 2.03. The van der Waals surface area contributed by atoms with E-state index in [9.17, 15) is 9.18 Å². The number of allylic oxidation sites excluding steroid dienone is 3. The standard InChI is InChI=1S/C17H20FNO2/c1-13(2)16-9-14(6-7-17(16)18)10-19-8-4-5-15(11-20)12-21-3/h4-9,11,19H,1,10,12H2,2-3H3/b8-4-,15-5-. The molecule has 0 fully saturated rings. The van der Waals surface area contributed by atoms with E-state index >= 15 is 0 Å². The van der Waals surface area contributed by atoms with Crippen molar-refractivity contribution in [3.05, 3.63) is 65.6 Å². The van der Waals surface area contributed by atoms with E-state index in [1.54, 1.807) is 37.4 Å². The molecule has 1 aromatic rings. The van der Waals surface area contributed by atoms with Gasteiger partial charge in [-0.05, 0) is 42.5 Å². The van der Waals surface area contributed by atoms with E-state index in [1.807, 2.05) is 0 Å². The lowest BCUT2D eigenvalue weighted by molar-refractivity contribution is -0.105. The smallest absolute Gasteiger partial charge is 0.148 e. The van der Waals surface area contributed by atoms with Crippen LogP contribution in [0.4, 0.5) is 4.39 Å². The van der Waals surface area contributed by atoms with E-state index in [0.29, 0.717) is 23.3 Å². The Labute approximate surface area is 124 Å². The van der Waals surface area contributed by atoms with Gasteiger partial charge in [0.1, 0.15) is 12.1 Å². The van der Waals surface area contributed by atoms with Crippen LogP contribution in [0.5, 0.6) is 0 Å². The second-order valence-corrected chi connectivity index (χ2v) is 4.63. The van der Waals surface area contributed by atoms with E-state index in [2.05, 4.69) is 11.9 Å². The number of nitrogens with one attached hydrogen (secondary N) is 1. The number of aldehydes is 1. The Morgan fingerprint density at radius 2 is 2.24 bits per heavy atom. The highest BCUT2D eigenvalue weighted by atomic mass is 19.1. The summed E-state index contributed by atoms with van der Waals surface area (Å²) in [6.45, 7) is 6.38. The molecule has 0 bridgehead atoms. The van der Waals surface area contributed by atoms with E-state index in [0.717, 1.165) is 11.8 Å². The fourth-order valence-electron chi connectivity index (χ4n) is 1.71. The summed E-state index contributed by atoms with van der Waals surface area (Å²) >= 11 is 0. The first kappa shape index (κ1) is 16.9. The molecule has 1 N–H and O–H groups in total. The van der Waals surface area contributed by atoms with Crippen molar-refractivity contribution >= 4 is 11.9 Å². The molecule has 0 spiro atoms. The van der Waals surface area contributed by atoms with E-state index in [-0.39, 0.29) is 12.4 Å². The first-order valence-corrected chi connectivity index (χ1v) is 6.56. The largest absolute Gasteiger partial charge is 0.387 e. The van der Waals surface area contributed by atoms with Crippen LogP contribution in [0.15, 0.2) is 48.7 Å². The topological polar surface area (TPSA) is 38.3 Å². The molecule has 0 aromatic heterocycles. The van der Waals surface area contributed by atoms with Crippen LogP contribution in [0.3, 0.4) is 0 Å². The number of carbonyl (C=O) groups is 1. The van der Waals surface area contributed by atoms with Crippen LogP contribution >= 0.6 is 0 Å². The van der Waals surface area contributed by atoms with E-state index < -0.39 is 0 Å². The maximum atomic E-state index is 13.5. The second-order valence-electron chi connectivity index (χ2n) is 4.63. The van der Waals surface area contributed by atoms with Crippen LogP contribution in [0, 0.1) is 5.82 Å². The van der Waals surface area contributed by atoms with E-state index in [1.165, 1.54) is 13.2 Å². The average Bonchev–Trinajstić information content (AvgIpc) is 2.47. The van der Waals surface area contributed by atoms with Gasteiger partial charge in [0.25, 0.3) is 0 Å². The van der Waals surface area contributed by atoms with Crippen molar-refractivity contribution in [3.63, 3.8) is 0 Å². The number of rotatable bonds is 8. The Morgan fingerprint density at radius 1 is 1.48 bits per heavy atom. The third-order valence-electron chi connectivity index (χ3n) is 2.78. The lowest BCUT2D eigenvalue weighted by Crippen LogP contribution is -2.05. The Hall–Kier alpha value is -2.20. The molecule has 3 nitrogen and oxygen atoms in total. The molecule has 0 amide bonds. The Balaban J connectivity index is 2.58. The van der Waals surface area contributed by atoms with Gasteiger partial charge in [-0.15, -0.1) is 0 Å². The van der Waals surface area contributed by atoms with Crippen molar-refractivity contribution < 1.29 is 13.9 Å². The fourth-order valence-corrected chi connectivity index (χ4v) is 1.71. The normalized spacial score (nSPS) is 11.7. The summed E-state index contributed by atoms with van der Waals surface area (Å²) < 4.78 is 18.4. The Kier molecular flexibility index (Phi) is 7.12. The second kappa shape index (κ2) is 8.87. The molecule has 21 heavy (non-hydrogen) atoms. The minimum atomic E-state index is -0.264. The zero-order valence-corrected chi connectivity index (χ0v) is 12.4. The molecule has 1 aromatic carbocycles. The zero-order chi connectivity index (χ0) is 15.7. The Bertz CT molecular complexity index is 562. The van der Waals surface area contributed by atoms with Crippen LogP contribution in [-0.2, 0) is 16.1 Å². The SMILES string of the molecule is C=C(C)c1cc(CN/C=C\C=C(\C=O)COC)ccc1F. The summed E-state index contributed by atoms with van der Waals surface area (Å²) in [5, 5.41) is 3.07. The maximum Gasteiger partial charge on any atom is 0.148 e. The number of benzene rings is 1. The van der Waals surface area contributed by atoms with Gasteiger partial charge in [-0.3, -0.25) is 4.79 Å². The van der Waals surface area contributed by atoms with Gasteiger partial charge >= 0.3 is 0 Å². The van der Waals surface area contributed by atoms with Gasteiger partial charge in [-0.2, -0.15) is 0 Å². The molecule has 0 radical (unpaired) electrons. The van der Waals surface area contributed by atoms with Crippen molar-refractivity contribution in [1.82, 2.24) is 5.32 Å². The van der Waals surface area contributed by atoms with Gasteiger partial charge in [-0.25, -0.2) is 4.39 Å².